The SMILES string of the molecule is Cc1ccnc(N2CCN(CC(F)(F)F)C(C)C2)c1[N+](=O)[O-]. The minimum atomic E-state index is -4.25. The lowest BCUT2D eigenvalue weighted by Crippen LogP contribution is -2.54. The maximum absolute atomic E-state index is 12.5. The average Bonchev–Trinajstić information content (AvgIpc) is 2.39. The second kappa shape index (κ2) is 6.07. The molecule has 1 aliphatic rings. The predicted octanol–water partition coefficient (Wildman–Crippen LogP) is 2.37. The number of rotatable bonds is 3. The fourth-order valence-corrected chi connectivity index (χ4v) is 2.65. The van der Waals surface area contributed by atoms with E-state index in [2.05, 4.69) is 4.98 Å². The predicted molar refractivity (Wildman–Crippen MR) is 74.9 cm³/mol. The summed E-state index contributed by atoms with van der Waals surface area (Å²) in [6, 6.07) is 1.18. The molecule has 0 saturated carbocycles. The first-order chi connectivity index (χ1) is 10.2. The van der Waals surface area contributed by atoms with Crippen LogP contribution in [0.15, 0.2) is 12.3 Å². The van der Waals surface area contributed by atoms with Crippen LogP contribution in [0, 0.1) is 17.0 Å². The minimum absolute atomic E-state index is 0.0843. The summed E-state index contributed by atoms with van der Waals surface area (Å²) in [5.41, 5.74) is 0.402. The van der Waals surface area contributed by atoms with E-state index >= 15 is 0 Å². The summed E-state index contributed by atoms with van der Waals surface area (Å²) in [6.45, 7) is 3.07. The van der Waals surface area contributed by atoms with Gasteiger partial charge in [0.15, 0.2) is 0 Å². The third kappa shape index (κ3) is 3.65. The van der Waals surface area contributed by atoms with Crippen LogP contribution in [0.4, 0.5) is 24.7 Å². The van der Waals surface area contributed by atoms with Gasteiger partial charge in [-0.1, -0.05) is 0 Å². The molecular weight excluding hydrogens is 301 g/mol. The third-order valence-corrected chi connectivity index (χ3v) is 3.74. The van der Waals surface area contributed by atoms with Crippen molar-refractivity contribution in [2.75, 3.05) is 31.1 Å². The molecule has 1 saturated heterocycles. The first kappa shape index (κ1) is 16.5. The number of nitro groups is 1. The van der Waals surface area contributed by atoms with Crippen molar-refractivity contribution in [1.29, 1.82) is 0 Å². The second-order valence-corrected chi connectivity index (χ2v) is 5.44. The summed E-state index contributed by atoms with van der Waals surface area (Å²) in [5, 5.41) is 11.2. The average molecular weight is 318 g/mol. The molecule has 122 valence electrons. The normalized spacial score (nSPS) is 20.2. The molecular formula is C13H17F3N4O2. The Kier molecular flexibility index (Phi) is 4.55. The quantitative estimate of drug-likeness (QED) is 0.632. The van der Waals surface area contributed by atoms with Crippen LogP contribution in [0.2, 0.25) is 0 Å². The highest BCUT2D eigenvalue weighted by atomic mass is 19.4. The molecule has 6 nitrogen and oxygen atoms in total. The van der Waals surface area contributed by atoms with Gasteiger partial charge in [-0.25, -0.2) is 4.98 Å². The van der Waals surface area contributed by atoms with Crippen molar-refractivity contribution in [3.63, 3.8) is 0 Å². The lowest BCUT2D eigenvalue weighted by molar-refractivity contribution is -0.384. The van der Waals surface area contributed by atoms with Crippen LogP contribution in [-0.2, 0) is 0 Å². The van der Waals surface area contributed by atoms with E-state index < -0.39 is 17.6 Å². The molecule has 0 radical (unpaired) electrons. The highest BCUT2D eigenvalue weighted by Gasteiger charge is 2.36. The topological polar surface area (TPSA) is 62.5 Å². The van der Waals surface area contributed by atoms with E-state index in [-0.39, 0.29) is 37.2 Å². The molecule has 0 bridgehead atoms. The fourth-order valence-electron chi connectivity index (χ4n) is 2.65. The zero-order chi connectivity index (χ0) is 16.5. The summed E-state index contributed by atoms with van der Waals surface area (Å²) in [5.74, 6) is 0.225. The number of halogens is 3. The number of hydrogen-bond acceptors (Lipinski definition) is 5. The van der Waals surface area contributed by atoms with E-state index in [1.165, 1.54) is 11.1 Å². The fraction of sp³-hybridized carbons (Fsp3) is 0.615. The number of nitrogens with zero attached hydrogens (tertiary/aromatic N) is 4. The van der Waals surface area contributed by atoms with E-state index in [0.29, 0.717) is 5.56 Å². The van der Waals surface area contributed by atoms with Gasteiger partial charge < -0.3 is 4.90 Å². The van der Waals surface area contributed by atoms with Gasteiger partial charge >= 0.3 is 11.9 Å². The van der Waals surface area contributed by atoms with E-state index in [0.717, 1.165) is 0 Å². The van der Waals surface area contributed by atoms with E-state index in [4.69, 9.17) is 0 Å². The van der Waals surface area contributed by atoms with Crippen LogP contribution < -0.4 is 4.90 Å². The lowest BCUT2D eigenvalue weighted by Gasteiger charge is -2.40. The number of aromatic nitrogens is 1. The number of alkyl halides is 3. The van der Waals surface area contributed by atoms with Crippen molar-refractivity contribution < 1.29 is 18.1 Å². The molecule has 1 atom stereocenters. The highest BCUT2D eigenvalue weighted by molar-refractivity contribution is 5.61. The molecule has 1 aromatic rings. The first-order valence-corrected chi connectivity index (χ1v) is 6.85. The molecule has 1 aliphatic heterocycles. The molecule has 1 unspecified atom stereocenters. The van der Waals surface area contributed by atoms with Crippen molar-refractivity contribution in [1.82, 2.24) is 9.88 Å². The van der Waals surface area contributed by atoms with E-state index in [1.807, 2.05) is 0 Å². The largest absolute Gasteiger partial charge is 0.401 e. The summed E-state index contributed by atoms with van der Waals surface area (Å²) in [6.07, 6.45) is -2.77. The zero-order valence-corrected chi connectivity index (χ0v) is 12.3. The standard InChI is InChI=1S/C13H17F3N4O2/c1-9-3-4-17-12(11(9)20(21)22)18-5-6-19(10(2)7-18)8-13(14,15)16/h3-4,10H,5-8H2,1-2H3. The van der Waals surface area contributed by atoms with Gasteiger partial charge in [-0.2, -0.15) is 13.2 Å². The Morgan fingerprint density at radius 1 is 1.45 bits per heavy atom. The molecule has 22 heavy (non-hydrogen) atoms. The molecule has 0 spiro atoms. The van der Waals surface area contributed by atoms with Crippen LogP contribution in [0.25, 0.3) is 0 Å². The molecule has 9 heteroatoms. The maximum Gasteiger partial charge on any atom is 0.401 e. The van der Waals surface area contributed by atoms with Crippen LogP contribution >= 0.6 is 0 Å². The van der Waals surface area contributed by atoms with Gasteiger partial charge in [-0.3, -0.25) is 15.0 Å². The maximum atomic E-state index is 12.5. The summed E-state index contributed by atoms with van der Waals surface area (Å²) < 4.78 is 37.5. The van der Waals surface area contributed by atoms with Crippen molar-refractivity contribution >= 4 is 11.5 Å². The molecule has 0 amide bonds. The number of anilines is 1. The van der Waals surface area contributed by atoms with E-state index in [9.17, 15) is 23.3 Å². The third-order valence-electron chi connectivity index (χ3n) is 3.74. The van der Waals surface area contributed by atoms with Gasteiger partial charge in [-0.15, -0.1) is 0 Å². The molecule has 0 aromatic carbocycles. The van der Waals surface area contributed by atoms with Gasteiger partial charge in [-0.05, 0) is 19.9 Å². The van der Waals surface area contributed by atoms with Crippen molar-refractivity contribution in [3.05, 3.63) is 27.9 Å². The van der Waals surface area contributed by atoms with Gasteiger partial charge in [0.25, 0.3) is 0 Å². The van der Waals surface area contributed by atoms with Gasteiger partial charge in [0.1, 0.15) is 0 Å². The highest BCUT2D eigenvalue weighted by Crippen LogP contribution is 2.31. The second-order valence-electron chi connectivity index (χ2n) is 5.44. The Balaban J connectivity index is 2.18. The molecule has 0 N–H and O–H groups in total. The minimum Gasteiger partial charge on any atom is -0.348 e. The molecule has 2 rings (SSSR count). The smallest absolute Gasteiger partial charge is 0.348 e. The van der Waals surface area contributed by atoms with E-state index in [1.54, 1.807) is 24.8 Å². The first-order valence-electron chi connectivity index (χ1n) is 6.85. The number of hydrogen-bond donors (Lipinski definition) is 0. The van der Waals surface area contributed by atoms with Crippen LogP contribution in [0.5, 0.6) is 0 Å². The van der Waals surface area contributed by atoms with Crippen LogP contribution in [0.3, 0.4) is 0 Å². The molecule has 0 aliphatic carbocycles. The van der Waals surface area contributed by atoms with Gasteiger partial charge in [0.2, 0.25) is 5.82 Å². The lowest BCUT2D eigenvalue weighted by atomic mass is 10.1. The Labute approximate surface area is 125 Å². The van der Waals surface area contributed by atoms with Crippen LogP contribution in [0.1, 0.15) is 12.5 Å². The number of aryl methyl sites for hydroxylation is 1. The summed E-state index contributed by atoms with van der Waals surface area (Å²) in [7, 11) is 0. The number of piperazine rings is 1. The molecule has 2 heterocycles. The van der Waals surface area contributed by atoms with Gasteiger partial charge in [0, 0.05) is 37.4 Å². The van der Waals surface area contributed by atoms with Crippen molar-refractivity contribution in [2.45, 2.75) is 26.1 Å². The molecule has 1 aromatic heterocycles. The van der Waals surface area contributed by atoms with Crippen LogP contribution in [-0.4, -0.2) is 53.2 Å². The Morgan fingerprint density at radius 2 is 2.14 bits per heavy atom. The Hall–Kier alpha value is -1.90. The zero-order valence-electron chi connectivity index (χ0n) is 12.3. The monoisotopic (exact) mass is 318 g/mol. The van der Waals surface area contributed by atoms with Crippen molar-refractivity contribution in [3.8, 4) is 0 Å². The Bertz CT molecular complexity index is 565. The molecule has 1 fully saturated rings. The number of pyridine rings is 1. The van der Waals surface area contributed by atoms with Gasteiger partial charge in [0.05, 0.1) is 11.5 Å². The Morgan fingerprint density at radius 3 is 2.68 bits per heavy atom. The van der Waals surface area contributed by atoms with Crippen molar-refractivity contribution in [2.24, 2.45) is 0 Å². The summed E-state index contributed by atoms with van der Waals surface area (Å²) >= 11 is 0. The summed E-state index contributed by atoms with van der Waals surface area (Å²) in [4.78, 5) is 17.8.